The molecule has 1 heterocycles. The standard InChI is InChI=1S/C22H19Cl2N3O3/c1-27(13-20(28)26-17-7-8-18(23)19(24)12-17)22(29)16-9-10-25-21(11-16)30-14-15-5-3-2-4-6-15/h2-12H,13-14H2,1H3,(H,26,28). The third-order valence-electron chi connectivity index (χ3n) is 4.14. The van der Waals surface area contributed by atoms with E-state index >= 15 is 0 Å². The maximum Gasteiger partial charge on any atom is 0.254 e. The minimum absolute atomic E-state index is 0.137. The third-order valence-corrected chi connectivity index (χ3v) is 4.88. The van der Waals surface area contributed by atoms with Crippen molar-refractivity contribution in [2.45, 2.75) is 6.61 Å². The first-order valence-electron chi connectivity index (χ1n) is 9.05. The fraction of sp³-hybridized carbons (Fsp3) is 0.136. The SMILES string of the molecule is CN(CC(=O)Nc1ccc(Cl)c(Cl)c1)C(=O)c1ccnc(OCc2ccccc2)c1. The van der Waals surface area contributed by atoms with Crippen LogP contribution in [0.2, 0.25) is 10.0 Å². The first-order chi connectivity index (χ1) is 14.4. The number of hydrogen-bond acceptors (Lipinski definition) is 4. The van der Waals surface area contributed by atoms with E-state index < -0.39 is 0 Å². The number of hydrogen-bond donors (Lipinski definition) is 1. The van der Waals surface area contributed by atoms with E-state index in [0.29, 0.717) is 33.8 Å². The van der Waals surface area contributed by atoms with Crippen LogP contribution >= 0.6 is 23.2 Å². The maximum absolute atomic E-state index is 12.7. The van der Waals surface area contributed by atoms with Crippen molar-refractivity contribution in [3.63, 3.8) is 0 Å². The molecule has 0 bridgehead atoms. The van der Waals surface area contributed by atoms with Crippen molar-refractivity contribution in [1.29, 1.82) is 0 Å². The Morgan fingerprint density at radius 1 is 1.03 bits per heavy atom. The molecule has 1 aromatic heterocycles. The zero-order valence-corrected chi connectivity index (χ0v) is 17.7. The lowest BCUT2D eigenvalue weighted by molar-refractivity contribution is -0.116. The lowest BCUT2D eigenvalue weighted by atomic mass is 10.2. The minimum atomic E-state index is -0.362. The molecule has 0 aliphatic rings. The summed E-state index contributed by atoms with van der Waals surface area (Å²) in [7, 11) is 1.54. The Labute approximate surface area is 184 Å². The average molecular weight is 444 g/mol. The van der Waals surface area contributed by atoms with Gasteiger partial charge in [0.25, 0.3) is 5.91 Å². The second kappa shape index (κ2) is 10.1. The van der Waals surface area contributed by atoms with Gasteiger partial charge in [0.1, 0.15) is 6.61 Å². The predicted molar refractivity (Wildman–Crippen MR) is 117 cm³/mol. The van der Waals surface area contributed by atoms with Crippen molar-refractivity contribution < 1.29 is 14.3 Å². The first kappa shape index (κ1) is 21.6. The number of rotatable bonds is 7. The Bertz CT molecular complexity index is 1040. The van der Waals surface area contributed by atoms with Gasteiger partial charge in [-0.15, -0.1) is 0 Å². The highest BCUT2D eigenvalue weighted by Crippen LogP contribution is 2.25. The number of anilines is 1. The Hall–Kier alpha value is -3.09. The molecule has 1 N–H and O–H groups in total. The normalized spacial score (nSPS) is 10.4. The maximum atomic E-state index is 12.7. The molecular formula is C22H19Cl2N3O3. The van der Waals surface area contributed by atoms with Gasteiger partial charge in [-0.05, 0) is 29.8 Å². The summed E-state index contributed by atoms with van der Waals surface area (Å²) in [6, 6.07) is 17.5. The number of nitrogens with zero attached hydrogens (tertiary/aromatic N) is 2. The molecule has 0 aliphatic carbocycles. The fourth-order valence-electron chi connectivity index (χ4n) is 2.63. The summed E-state index contributed by atoms with van der Waals surface area (Å²) in [5.74, 6) is -0.358. The summed E-state index contributed by atoms with van der Waals surface area (Å²) in [6.07, 6.45) is 1.50. The van der Waals surface area contributed by atoms with Gasteiger partial charge >= 0.3 is 0 Å². The number of carbonyl (C=O) groups excluding carboxylic acids is 2. The zero-order chi connectivity index (χ0) is 21.5. The molecule has 0 unspecified atom stereocenters. The Kier molecular flexibility index (Phi) is 7.27. The number of nitrogens with one attached hydrogen (secondary N) is 1. The Morgan fingerprint density at radius 2 is 1.80 bits per heavy atom. The largest absolute Gasteiger partial charge is 0.473 e. The number of aromatic nitrogens is 1. The van der Waals surface area contributed by atoms with Gasteiger partial charge in [-0.2, -0.15) is 0 Å². The van der Waals surface area contributed by atoms with E-state index in [1.165, 1.54) is 11.1 Å². The summed E-state index contributed by atoms with van der Waals surface area (Å²) < 4.78 is 5.66. The van der Waals surface area contributed by atoms with Gasteiger partial charge in [0, 0.05) is 30.6 Å². The summed E-state index contributed by atoms with van der Waals surface area (Å²) >= 11 is 11.8. The highest BCUT2D eigenvalue weighted by molar-refractivity contribution is 6.42. The summed E-state index contributed by atoms with van der Waals surface area (Å²) in [5, 5.41) is 3.41. The second-order valence-corrected chi connectivity index (χ2v) is 7.31. The zero-order valence-electron chi connectivity index (χ0n) is 16.1. The van der Waals surface area contributed by atoms with Crippen LogP contribution in [-0.2, 0) is 11.4 Å². The van der Waals surface area contributed by atoms with E-state index in [0.717, 1.165) is 5.56 Å². The molecule has 0 aliphatic heterocycles. The number of ether oxygens (including phenoxy) is 1. The minimum Gasteiger partial charge on any atom is -0.473 e. The molecule has 0 spiro atoms. The molecule has 30 heavy (non-hydrogen) atoms. The van der Waals surface area contributed by atoms with Crippen LogP contribution < -0.4 is 10.1 Å². The van der Waals surface area contributed by atoms with Crippen molar-refractivity contribution >= 4 is 40.7 Å². The monoisotopic (exact) mass is 443 g/mol. The lowest BCUT2D eigenvalue weighted by Gasteiger charge is -2.17. The van der Waals surface area contributed by atoms with Crippen LogP contribution in [0.25, 0.3) is 0 Å². The van der Waals surface area contributed by atoms with E-state index in [1.807, 2.05) is 30.3 Å². The number of halogens is 2. The summed E-state index contributed by atoms with van der Waals surface area (Å²) in [5.41, 5.74) is 1.86. The van der Waals surface area contributed by atoms with Gasteiger partial charge < -0.3 is 15.0 Å². The van der Waals surface area contributed by atoms with Crippen LogP contribution in [0, 0.1) is 0 Å². The third kappa shape index (κ3) is 5.95. The van der Waals surface area contributed by atoms with Crippen LogP contribution in [0.3, 0.4) is 0 Å². The number of pyridine rings is 1. The summed E-state index contributed by atoms with van der Waals surface area (Å²) in [6.45, 7) is 0.203. The van der Waals surface area contributed by atoms with Crippen molar-refractivity contribution in [1.82, 2.24) is 9.88 Å². The van der Waals surface area contributed by atoms with E-state index in [-0.39, 0.29) is 18.4 Å². The highest BCUT2D eigenvalue weighted by atomic mass is 35.5. The first-order valence-corrected chi connectivity index (χ1v) is 9.81. The van der Waals surface area contributed by atoms with Gasteiger partial charge in [0.15, 0.2) is 0 Å². The predicted octanol–water partition coefficient (Wildman–Crippen LogP) is 4.68. The number of likely N-dealkylation sites (N-methyl/N-ethyl adjacent to an activating group) is 1. The number of amides is 2. The molecule has 154 valence electrons. The van der Waals surface area contributed by atoms with Crippen molar-refractivity contribution in [2.24, 2.45) is 0 Å². The van der Waals surface area contributed by atoms with Gasteiger partial charge in [0.2, 0.25) is 11.8 Å². The molecule has 6 nitrogen and oxygen atoms in total. The van der Waals surface area contributed by atoms with Crippen molar-refractivity contribution in [3.8, 4) is 5.88 Å². The number of benzene rings is 2. The molecular weight excluding hydrogens is 425 g/mol. The van der Waals surface area contributed by atoms with E-state index in [2.05, 4.69) is 10.3 Å². The molecule has 2 amide bonds. The Morgan fingerprint density at radius 3 is 2.53 bits per heavy atom. The van der Waals surface area contributed by atoms with E-state index in [1.54, 1.807) is 37.4 Å². The highest BCUT2D eigenvalue weighted by Gasteiger charge is 2.16. The molecule has 8 heteroatoms. The van der Waals surface area contributed by atoms with Crippen molar-refractivity contribution in [2.75, 3.05) is 18.9 Å². The van der Waals surface area contributed by atoms with Crippen LogP contribution in [0.1, 0.15) is 15.9 Å². The summed E-state index contributed by atoms with van der Waals surface area (Å²) in [4.78, 5) is 30.4. The van der Waals surface area contributed by atoms with Crippen LogP contribution in [0.5, 0.6) is 5.88 Å². The molecule has 3 aromatic rings. The number of carbonyl (C=O) groups is 2. The lowest BCUT2D eigenvalue weighted by Crippen LogP contribution is -2.35. The van der Waals surface area contributed by atoms with Gasteiger partial charge in [-0.1, -0.05) is 53.5 Å². The molecule has 2 aromatic carbocycles. The van der Waals surface area contributed by atoms with Crippen LogP contribution in [0.15, 0.2) is 66.9 Å². The molecule has 0 atom stereocenters. The van der Waals surface area contributed by atoms with Crippen LogP contribution in [-0.4, -0.2) is 35.3 Å². The topological polar surface area (TPSA) is 71.5 Å². The smallest absolute Gasteiger partial charge is 0.254 e. The molecule has 0 saturated carbocycles. The van der Waals surface area contributed by atoms with Gasteiger partial charge in [-0.25, -0.2) is 4.98 Å². The molecule has 3 rings (SSSR count). The van der Waals surface area contributed by atoms with E-state index in [4.69, 9.17) is 27.9 Å². The van der Waals surface area contributed by atoms with Crippen LogP contribution in [0.4, 0.5) is 5.69 Å². The Balaban J connectivity index is 1.58. The quantitative estimate of drug-likeness (QED) is 0.575. The van der Waals surface area contributed by atoms with Gasteiger partial charge in [-0.3, -0.25) is 9.59 Å². The van der Waals surface area contributed by atoms with E-state index in [9.17, 15) is 9.59 Å². The molecule has 0 fully saturated rings. The average Bonchev–Trinajstić information content (AvgIpc) is 2.75. The fourth-order valence-corrected chi connectivity index (χ4v) is 2.93. The van der Waals surface area contributed by atoms with Gasteiger partial charge in [0.05, 0.1) is 16.6 Å². The van der Waals surface area contributed by atoms with Crippen molar-refractivity contribution in [3.05, 3.63) is 88.0 Å². The molecule has 0 saturated heterocycles. The second-order valence-electron chi connectivity index (χ2n) is 6.50. The molecule has 0 radical (unpaired) electrons.